The molecule has 0 atom stereocenters. The molecular formula is C9H10N2O2. The molecule has 0 N–H and O–H groups in total. The Bertz CT molecular complexity index is 298. The smallest absolute Gasteiger partial charge is 0.165 e. The van der Waals surface area contributed by atoms with Crippen LogP contribution in [0.15, 0.2) is 43.0 Å². The molecule has 0 aliphatic carbocycles. The summed E-state index contributed by atoms with van der Waals surface area (Å²) in [6.07, 6.45) is 1.50. The predicted octanol–water partition coefficient (Wildman–Crippen LogP) is 1.87. The highest BCUT2D eigenvalue weighted by atomic mass is 16.7. The van der Waals surface area contributed by atoms with E-state index in [1.54, 1.807) is 24.3 Å². The summed E-state index contributed by atoms with van der Waals surface area (Å²) in [5.74, 6) is 0. The van der Waals surface area contributed by atoms with Crippen molar-refractivity contribution >= 4 is 5.69 Å². The molecule has 0 amide bonds. The molecule has 0 radical (unpaired) electrons. The number of nitrogens with zero attached hydrogens (tertiary/aromatic N) is 2. The highest BCUT2D eigenvalue weighted by Gasteiger charge is 2.13. The van der Waals surface area contributed by atoms with E-state index in [0.29, 0.717) is 5.69 Å². The summed E-state index contributed by atoms with van der Waals surface area (Å²) in [6.45, 7) is 3.67. The number of rotatable bonds is 4. The van der Waals surface area contributed by atoms with Crippen LogP contribution >= 0.6 is 0 Å². The number of para-hydroxylation sites is 1. The van der Waals surface area contributed by atoms with Gasteiger partial charge in [0.1, 0.15) is 12.2 Å². The highest BCUT2D eigenvalue weighted by molar-refractivity contribution is 5.43. The molecule has 13 heavy (non-hydrogen) atoms. The van der Waals surface area contributed by atoms with Crippen LogP contribution in [0, 0.1) is 10.1 Å². The maximum atomic E-state index is 10.6. The number of hydrazine groups is 1. The van der Waals surface area contributed by atoms with Gasteiger partial charge in [0, 0.05) is 0 Å². The fourth-order valence-corrected chi connectivity index (χ4v) is 0.989. The lowest BCUT2D eigenvalue weighted by Crippen LogP contribution is -2.29. The third-order valence-corrected chi connectivity index (χ3v) is 1.55. The van der Waals surface area contributed by atoms with Crippen LogP contribution < -0.4 is 5.01 Å². The molecule has 0 aliphatic heterocycles. The summed E-state index contributed by atoms with van der Waals surface area (Å²) in [4.78, 5) is 10.6. The first kappa shape index (κ1) is 9.25. The standard InChI is InChI=1S/C9H10N2O2/c1-2-8-10(11(12)13)9-6-4-3-5-7-9/h2-7H,1,8H2. The largest absolute Gasteiger partial charge is 0.234 e. The molecule has 1 rings (SSSR count). The maximum absolute atomic E-state index is 10.6. The lowest BCUT2D eigenvalue weighted by atomic mass is 10.3. The van der Waals surface area contributed by atoms with E-state index in [2.05, 4.69) is 6.58 Å². The van der Waals surface area contributed by atoms with E-state index in [4.69, 9.17) is 0 Å². The second-order valence-electron chi connectivity index (χ2n) is 2.44. The first-order valence-electron chi connectivity index (χ1n) is 3.83. The van der Waals surface area contributed by atoms with Crippen LogP contribution in [0.1, 0.15) is 0 Å². The SMILES string of the molecule is C=CCN(c1ccccc1)[N+](=O)[O-]. The average Bonchev–Trinajstić information content (AvgIpc) is 2.15. The molecule has 68 valence electrons. The normalized spacial score (nSPS) is 9.23. The van der Waals surface area contributed by atoms with Crippen molar-refractivity contribution in [1.29, 1.82) is 0 Å². The van der Waals surface area contributed by atoms with Crippen molar-refractivity contribution in [3.05, 3.63) is 53.1 Å². The molecule has 4 heteroatoms. The summed E-state index contributed by atoms with van der Waals surface area (Å²) in [7, 11) is 0. The number of hydrogen-bond donors (Lipinski definition) is 0. The molecule has 0 unspecified atom stereocenters. The van der Waals surface area contributed by atoms with Gasteiger partial charge in [0.2, 0.25) is 0 Å². The third-order valence-electron chi connectivity index (χ3n) is 1.55. The van der Waals surface area contributed by atoms with Gasteiger partial charge in [0.25, 0.3) is 0 Å². The Labute approximate surface area is 76.2 Å². The summed E-state index contributed by atoms with van der Waals surface area (Å²) in [6, 6.07) is 8.71. The van der Waals surface area contributed by atoms with Crippen LogP contribution in [0.2, 0.25) is 0 Å². The minimum atomic E-state index is -0.447. The Morgan fingerprint density at radius 2 is 2.08 bits per heavy atom. The van der Waals surface area contributed by atoms with Gasteiger partial charge in [0.05, 0.1) is 0 Å². The van der Waals surface area contributed by atoms with Crippen LogP contribution in [-0.2, 0) is 0 Å². The number of benzene rings is 1. The molecule has 0 saturated carbocycles. The Kier molecular flexibility index (Phi) is 3.03. The van der Waals surface area contributed by atoms with Gasteiger partial charge in [-0.25, -0.2) is 10.1 Å². The second kappa shape index (κ2) is 4.25. The third kappa shape index (κ3) is 2.30. The Morgan fingerprint density at radius 3 is 2.54 bits per heavy atom. The van der Waals surface area contributed by atoms with Gasteiger partial charge >= 0.3 is 0 Å². The molecule has 0 spiro atoms. The summed E-state index contributed by atoms with van der Waals surface area (Å²) in [5.41, 5.74) is 0.562. The molecule has 4 nitrogen and oxygen atoms in total. The van der Waals surface area contributed by atoms with Crippen molar-refractivity contribution in [2.45, 2.75) is 0 Å². The molecule has 1 aromatic rings. The molecule has 1 aromatic carbocycles. The van der Waals surface area contributed by atoms with Gasteiger partial charge in [-0.05, 0) is 12.1 Å². The van der Waals surface area contributed by atoms with Crippen molar-refractivity contribution in [1.82, 2.24) is 0 Å². The molecule has 0 aliphatic rings. The molecule has 0 bridgehead atoms. The molecule has 0 fully saturated rings. The summed E-state index contributed by atoms with van der Waals surface area (Å²) < 4.78 is 0. The van der Waals surface area contributed by atoms with Gasteiger partial charge in [-0.2, -0.15) is 0 Å². The van der Waals surface area contributed by atoms with E-state index in [9.17, 15) is 10.1 Å². The number of anilines is 1. The second-order valence-corrected chi connectivity index (χ2v) is 2.44. The Morgan fingerprint density at radius 1 is 1.46 bits per heavy atom. The predicted molar refractivity (Wildman–Crippen MR) is 51.0 cm³/mol. The zero-order valence-electron chi connectivity index (χ0n) is 7.09. The van der Waals surface area contributed by atoms with Crippen molar-refractivity contribution < 1.29 is 5.03 Å². The zero-order chi connectivity index (χ0) is 9.68. The van der Waals surface area contributed by atoms with Crippen molar-refractivity contribution in [3.63, 3.8) is 0 Å². The Balaban J connectivity index is 2.88. The molecular weight excluding hydrogens is 168 g/mol. The lowest BCUT2D eigenvalue weighted by Gasteiger charge is -2.10. The fraction of sp³-hybridized carbons (Fsp3) is 0.111. The maximum Gasteiger partial charge on any atom is 0.165 e. The van der Waals surface area contributed by atoms with Gasteiger partial charge in [-0.15, -0.1) is 6.58 Å². The van der Waals surface area contributed by atoms with Gasteiger partial charge < -0.3 is 0 Å². The van der Waals surface area contributed by atoms with Crippen LogP contribution in [0.4, 0.5) is 5.69 Å². The number of hydrogen-bond acceptors (Lipinski definition) is 2. The minimum absolute atomic E-state index is 0.205. The van der Waals surface area contributed by atoms with Crippen LogP contribution in [-0.4, -0.2) is 11.6 Å². The monoisotopic (exact) mass is 178 g/mol. The quantitative estimate of drug-likeness (QED) is 0.401. The van der Waals surface area contributed by atoms with E-state index in [-0.39, 0.29) is 6.54 Å². The summed E-state index contributed by atoms with van der Waals surface area (Å²) >= 11 is 0. The minimum Gasteiger partial charge on any atom is -0.234 e. The van der Waals surface area contributed by atoms with Gasteiger partial charge in [-0.1, -0.05) is 29.3 Å². The van der Waals surface area contributed by atoms with Crippen molar-refractivity contribution in [2.24, 2.45) is 0 Å². The van der Waals surface area contributed by atoms with E-state index < -0.39 is 5.03 Å². The van der Waals surface area contributed by atoms with E-state index >= 15 is 0 Å². The van der Waals surface area contributed by atoms with Crippen LogP contribution in [0.25, 0.3) is 0 Å². The average molecular weight is 178 g/mol. The molecule has 0 aromatic heterocycles. The molecule has 0 heterocycles. The first-order valence-corrected chi connectivity index (χ1v) is 3.83. The Hall–Kier alpha value is -1.84. The first-order chi connectivity index (χ1) is 6.25. The lowest BCUT2D eigenvalue weighted by molar-refractivity contribution is -0.493. The van der Waals surface area contributed by atoms with Crippen LogP contribution in [0.5, 0.6) is 0 Å². The van der Waals surface area contributed by atoms with Gasteiger partial charge in [0.15, 0.2) is 5.03 Å². The molecule has 0 saturated heterocycles. The highest BCUT2D eigenvalue weighted by Crippen LogP contribution is 2.12. The topological polar surface area (TPSA) is 46.4 Å². The van der Waals surface area contributed by atoms with E-state index in [0.717, 1.165) is 5.01 Å². The summed E-state index contributed by atoms with van der Waals surface area (Å²) in [5, 5.41) is 11.2. The van der Waals surface area contributed by atoms with E-state index in [1.807, 2.05) is 6.07 Å². The zero-order valence-corrected chi connectivity index (χ0v) is 7.09. The van der Waals surface area contributed by atoms with E-state index in [1.165, 1.54) is 6.08 Å². The van der Waals surface area contributed by atoms with Crippen molar-refractivity contribution in [2.75, 3.05) is 11.6 Å². The van der Waals surface area contributed by atoms with Crippen LogP contribution in [0.3, 0.4) is 0 Å². The fourth-order valence-electron chi connectivity index (χ4n) is 0.989. The van der Waals surface area contributed by atoms with Gasteiger partial charge in [-0.3, -0.25) is 0 Å². The van der Waals surface area contributed by atoms with Crippen molar-refractivity contribution in [3.8, 4) is 0 Å². The number of nitro groups is 1.